The third-order valence-electron chi connectivity index (χ3n) is 3.82. The molecule has 19 heavy (non-hydrogen) atoms. The van der Waals surface area contributed by atoms with Gasteiger partial charge >= 0.3 is 0 Å². The monoisotopic (exact) mass is 291 g/mol. The van der Waals surface area contributed by atoms with Gasteiger partial charge in [-0.05, 0) is 32.4 Å². The Morgan fingerprint density at radius 2 is 1.95 bits per heavy atom. The number of sulfonamides is 1. The average Bonchev–Trinajstić information content (AvgIpc) is 2.89. The van der Waals surface area contributed by atoms with E-state index in [9.17, 15) is 8.42 Å². The molecule has 2 aliphatic heterocycles. The first-order valence-electron chi connectivity index (χ1n) is 7.13. The van der Waals surface area contributed by atoms with Crippen LogP contribution in [-0.4, -0.2) is 75.4 Å². The fraction of sp³-hybridized carbons (Fsp3) is 1.00. The zero-order valence-electron chi connectivity index (χ0n) is 11.5. The fourth-order valence-corrected chi connectivity index (χ4v) is 4.33. The summed E-state index contributed by atoms with van der Waals surface area (Å²) < 4.78 is 31.6. The highest BCUT2D eigenvalue weighted by atomic mass is 32.2. The van der Waals surface area contributed by atoms with E-state index in [1.54, 1.807) is 4.31 Å². The van der Waals surface area contributed by atoms with Crippen molar-refractivity contribution in [3.8, 4) is 0 Å². The molecule has 0 aliphatic carbocycles. The Morgan fingerprint density at radius 1 is 1.21 bits per heavy atom. The van der Waals surface area contributed by atoms with Crippen LogP contribution >= 0.6 is 0 Å². The summed E-state index contributed by atoms with van der Waals surface area (Å²) >= 11 is 0. The minimum Gasteiger partial charge on any atom is -0.377 e. The van der Waals surface area contributed by atoms with E-state index >= 15 is 0 Å². The minimum absolute atomic E-state index is 0.0970. The summed E-state index contributed by atoms with van der Waals surface area (Å²) in [7, 11) is -3.15. The Morgan fingerprint density at radius 3 is 2.53 bits per heavy atom. The first kappa shape index (κ1) is 15.2. The van der Waals surface area contributed by atoms with Gasteiger partial charge in [-0.25, -0.2) is 8.42 Å². The summed E-state index contributed by atoms with van der Waals surface area (Å²) in [4.78, 5) is 2.28. The summed E-state index contributed by atoms with van der Waals surface area (Å²) in [5, 5.41) is 0. The van der Waals surface area contributed by atoms with Gasteiger partial charge in [0, 0.05) is 32.8 Å². The van der Waals surface area contributed by atoms with Crippen molar-refractivity contribution in [1.82, 2.24) is 9.21 Å². The molecule has 112 valence electrons. The molecule has 0 aromatic rings. The number of hydrogen-bond donors (Lipinski definition) is 1. The molecule has 1 unspecified atom stereocenters. The second-order valence-corrected chi connectivity index (χ2v) is 7.31. The number of nitrogens with two attached hydrogens (primary N) is 1. The van der Waals surface area contributed by atoms with Crippen LogP contribution < -0.4 is 5.73 Å². The predicted molar refractivity (Wildman–Crippen MR) is 74.4 cm³/mol. The average molecular weight is 291 g/mol. The van der Waals surface area contributed by atoms with E-state index in [0.717, 1.165) is 38.9 Å². The Hall–Kier alpha value is -0.210. The molecular formula is C12H25N3O3S. The van der Waals surface area contributed by atoms with Crippen molar-refractivity contribution in [3.05, 3.63) is 0 Å². The standard InChI is InChI=1S/C12H25N3O3S/c13-4-2-5-14-6-8-15(9-7-14)19(16,17)11-12-3-1-10-18-12/h12H,1-11,13H2. The third kappa shape index (κ3) is 4.39. The summed E-state index contributed by atoms with van der Waals surface area (Å²) in [5.74, 6) is 0.149. The van der Waals surface area contributed by atoms with Crippen molar-refractivity contribution in [3.63, 3.8) is 0 Å². The smallest absolute Gasteiger partial charge is 0.216 e. The van der Waals surface area contributed by atoms with Crippen LogP contribution in [0.2, 0.25) is 0 Å². The van der Waals surface area contributed by atoms with Gasteiger partial charge in [-0.1, -0.05) is 0 Å². The topological polar surface area (TPSA) is 75.9 Å². The lowest BCUT2D eigenvalue weighted by molar-refractivity contribution is 0.125. The molecule has 0 radical (unpaired) electrons. The van der Waals surface area contributed by atoms with Gasteiger partial charge in [0.2, 0.25) is 10.0 Å². The van der Waals surface area contributed by atoms with E-state index in [1.807, 2.05) is 0 Å². The quantitative estimate of drug-likeness (QED) is 0.711. The van der Waals surface area contributed by atoms with Gasteiger partial charge in [-0.2, -0.15) is 4.31 Å². The molecule has 0 bridgehead atoms. The zero-order valence-corrected chi connectivity index (χ0v) is 12.3. The summed E-state index contributed by atoms with van der Waals surface area (Å²) in [5.41, 5.74) is 5.49. The number of ether oxygens (including phenoxy) is 1. The van der Waals surface area contributed by atoms with Gasteiger partial charge in [0.05, 0.1) is 11.9 Å². The van der Waals surface area contributed by atoms with Crippen molar-refractivity contribution >= 4 is 10.0 Å². The van der Waals surface area contributed by atoms with Crippen molar-refractivity contribution in [1.29, 1.82) is 0 Å². The van der Waals surface area contributed by atoms with Crippen LogP contribution in [0.1, 0.15) is 19.3 Å². The molecule has 0 saturated carbocycles. The molecule has 2 rings (SSSR count). The summed E-state index contributed by atoms with van der Waals surface area (Å²) in [6, 6.07) is 0. The van der Waals surface area contributed by atoms with Crippen LogP contribution in [0.3, 0.4) is 0 Å². The van der Waals surface area contributed by atoms with Crippen molar-refractivity contribution < 1.29 is 13.2 Å². The van der Waals surface area contributed by atoms with Crippen LogP contribution in [-0.2, 0) is 14.8 Å². The zero-order chi connectivity index (χ0) is 13.7. The number of hydrogen-bond acceptors (Lipinski definition) is 5. The highest BCUT2D eigenvalue weighted by molar-refractivity contribution is 7.89. The molecule has 0 amide bonds. The van der Waals surface area contributed by atoms with Crippen molar-refractivity contribution in [2.75, 3.05) is 51.6 Å². The Bertz CT molecular complexity index is 360. The fourth-order valence-electron chi connectivity index (χ4n) is 2.66. The van der Waals surface area contributed by atoms with Gasteiger partial charge in [-0.15, -0.1) is 0 Å². The van der Waals surface area contributed by atoms with Gasteiger partial charge in [0.15, 0.2) is 0 Å². The maximum Gasteiger partial charge on any atom is 0.216 e. The van der Waals surface area contributed by atoms with Crippen molar-refractivity contribution in [2.45, 2.75) is 25.4 Å². The van der Waals surface area contributed by atoms with E-state index in [0.29, 0.717) is 26.2 Å². The van der Waals surface area contributed by atoms with Gasteiger partial charge in [-0.3, -0.25) is 0 Å². The maximum atomic E-state index is 12.3. The predicted octanol–water partition coefficient (Wildman–Crippen LogP) is -0.538. The molecule has 2 fully saturated rings. The van der Waals surface area contributed by atoms with Crippen LogP contribution in [0.5, 0.6) is 0 Å². The van der Waals surface area contributed by atoms with E-state index in [4.69, 9.17) is 10.5 Å². The van der Waals surface area contributed by atoms with E-state index in [2.05, 4.69) is 4.90 Å². The highest BCUT2D eigenvalue weighted by Gasteiger charge is 2.30. The molecule has 2 heterocycles. The van der Waals surface area contributed by atoms with Crippen LogP contribution in [0, 0.1) is 0 Å². The molecule has 1 atom stereocenters. The highest BCUT2D eigenvalue weighted by Crippen LogP contribution is 2.17. The van der Waals surface area contributed by atoms with E-state index in [-0.39, 0.29) is 11.9 Å². The van der Waals surface area contributed by atoms with Gasteiger partial charge in [0.25, 0.3) is 0 Å². The second-order valence-electron chi connectivity index (χ2n) is 5.30. The van der Waals surface area contributed by atoms with Crippen LogP contribution in [0.15, 0.2) is 0 Å². The molecule has 7 heteroatoms. The second kappa shape index (κ2) is 6.99. The Balaban J connectivity index is 1.79. The van der Waals surface area contributed by atoms with Crippen LogP contribution in [0.4, 0.5) is 0 Å². The number of rotatable bonds is 6. The normalized spacial score (nSPS) is 26.9. The first-order chi connectivity index (χ1) is 9.12. The van der Waals surface area contributed by atoms with Crippen LogP contribution in [0.25, 0.3) is 0 Å². The lowest BCUT2D eigenvalue weighted by Crippen LogP contribution is -2.50. The molecule has 0 spiro atoms. The lowest BCUT2D eigenvalue weighted by Gasteiger charge is -2.34. The Kier molecular flexibility index (Phi) is 5.58. The Labute approximate surface area is 115 Å². The largest absolute Gasteiger partial charge is 0.377 e. The molecular weight excluding hydrogens is 266 g/mol. The lowest BCUT2D eigenvalue weighted by atomic mass is 10.3. The summed E-state index contributed by atoms with van der Waals surface area (Å²) in [6.07, 6.45) is 2.73. The molecule has 2 N–H and O–H groups in total. The SMILES string of the molecule is NCCCN1CCN(S(=O)(=O)CC2CCCO2)CC1. The van der Waals surface area contributed by atoms with Crippen molar-refractivity contribution in [2.24, 2.45) is 5.73 Å². The van der Waals surface area contributed by atoms with Gasteiger partial charge < -0.3 is 15.4 Å². The number of nitrogens with zero attached hydrogens (tertiary/aromatic N) is 2. The molecule has 2 saturated heterocycles. The molecule has 0 aromatic heterocycles. The molecule has 2 aliphatic rings. The van der Waals surface area contributed by atoms with E-state index < -0.39 is 10.0 Å². The maximum absolute atomic E-state index is 12.3. The summed E-state index contributed by atoms with van der Waals surface area (Å²) in [6.45, 7) is 5.18. The minimum atomic E-state index is -3.15. The molecule has 6 nitrogen and oxygen atoms in total. The van der Waals surface area contributed by atoms with Gasteiger partial charge in [0.1, 0.15) is 0 Å². The first-order valence-corrected chi connectivity index (χ1v) is 8.74. The molecule has 0 aromatic carbocycles. The van der Waals surface area contributed by atoms with E-state index in [1.165, 1.54) is 0 Å². The third-order valence-corrected chi connectivity index (χ3v) is 5.77. The number of piperazine rings is 1.